The molecule has 1 aromatic carbocycles. The Hall–Kier alpha value is -1.62. The van der Waals surface area contributed by atoms with E-state index in [-0.39, 0.29) is 17.4 Å². The number of benzene rings is 1. The van der Waals surface area contributed by atoms with E-state index in [9.17, 15) is 9.18 Å². The van der Waals surface area contributed by atoms with Gasteiger partial charge >= 0.3 is 0 Å². The molecule has 0 fully saturated rings. The van der Waals surface area contributed by atoms with E-state index < -0.39 is 11.7 Å². The molecule has 1 unspecified atom stereocenters. The first-order valence-corrected chi connectivity index (χ1v) is 5.92. The van der Waals surface area contributed by atoms with E-state index >= 15 is 0 Å². The summed E-state index contributed by atoms with van der Waals surface area (Å²) >= 11 is 0. The van der Waals surface area contributed by atoms with E-state index in [4.69, 9.17) is 10.8 Å². The SMILES string of the molecule is CC(C)CC(N)CNC(=O)c1ccc(O)cc1F. The van der Waals surface area contributed by atoms with Crippen LogP contribution in [0.2, 0.25) is 0 Å². The van der Waals surface area contributed by atoms with Crippen LogP contribution in [0.3, 0.4) is 0 Å². The summed E-state index contributed by atoms with van der Waals surface area (Å²) in [4.78, 5) is 11.7. The summed E-state index contributed by atoms with van der Waals surface area (Å²) in [7, 11) is 0. The summed E-state index contributed by atoms with van der Waals surface area (Å²) in [5, 5.41) is 11.6. The van der Waals surface area contributed by atoms with Crippen molar-refractivity contribution < 1.29 is 14.3 Å². The fraction of sp³-hybridized carbons (Fsp3) is 0.462. The lowest BCUT2D eigenvalue weighted by Gasteiger charge is -2.15. The number of carbonyl (C=O) groups is 1. The Morgan fingerprint density at radius 1 is 1.50 bits per heavy atom. The molecule has 18 heavy (non-hydrogen) atoms. The van der Waals surface area contributed by atoms with Crippen molar-refractivity contribution in [2.75, 3.05) is 6.54 Å². The monoisotopic (exact) mass is 254 g/mol. The number of hydrogen-bond donors (Lipinski definition) is 3. The van der Waals surface area contributed by atoms with E-state index in [2.05, 4.69) is 5.32 Å². The molecule has 1 atom stereocenters. The highest BCUT2D eigenvalue weighted by Gasteiger charge is 2.13. The maximum atomic E-state index is 13.4. The highest BCUT2D eigenvalue weighted by Crippen LogP contribution is 2.14. The fourth-order valence-corrected chi connectivity index (χ4v) is 1.70. The minimum atomic E-state index is -0.745. The molecule has 0 saturated carbocycles. The molecule has 0 heterocycles. The standard InChI is InChI=1S/C13H19FN2O2/c1-8(2)5-9(15)7-16-13(18)11-4-3-10(17)6-12(11)14/h3-4,6,8-9,17H,5,7,15H2,1-2H3,(H,16,18). The summed E-state index contributed by atoms with van der Waals surface area (Å²) in [5.74, 6) is -1.03. The number of aromatic hydroxyl groups is 1. The topological polar surface area (TPSA) is 75.3 Å². The van der Waals surface area contributed by atoms with Crippen molar-refractivity contribution in [1.29, 1.82) is 0 Å². The summed E-state index contributed by atoms with van der Waals surface area (Å²) in [5.41, 5.74) is 5.72. The van der Waals surface area contributed by atoms with Gasteiger partial charge in [-0.2, -0.15) is 0 Å². The number of hydrogen-bond acceptors (Lipinski definition) is 3. The maximum absolute atomic E-state index is 13.4. The van der Waals surface area contributed by atoms with Gasteiger partial charge in [0, 0.05) is 18.7 Å². The fourth-order valence-electron chi connectivity index (χ4n) is 1.70. The second-order valence-corrected chi connectivity index (χ2v) is 4.76. The van der Waals surface area contributed by atoms with E-state index in [1.54, 1.807) is 0 Å². The molecule has 100 valence electrons. The van der Waals surface area contributed by atoms with E-state index in [1.165, 1.54) is 12.1 Å². The van der Waals surface area contributed by atoms with E-state index in [1.807, 2.05) is 13.8 Å². The molecule has 0 bridgehead atoms. The Morgan fingerprint density at radius 2 is 2.17 bits per heavy atom. The number of phenols is 1. The highest BCUT2D eigenvalue weighted by molar-refractivity contribution is 5.94. The lowest BCUT2D eigenvalue weighted by molar-refractivity contribution is 0.0946. The first kappa shape index (κ1) is 14.4. The average molecular weight is 254 g/mol. The molecule has 0 radical (unpaired) electrons. The Morgan fingerprint density at radius 3 is 2.72 bits per heavy atom. The second-order valence-electron chi connectivity index (χ2n) is 4.76. The third kappa shape index (κ3) is 4.33. The van der Waals surface area contributed by atoms with Gasteiger partial charge in [-0.25, -0.2) is 4.39 Å². The molecule has 0 saturated heterocycles. The van der Waals surface area contributed by atoms with Gasteiger partial charge in [-0.1, -0.05) is 13.8 Å². The highest BCUT2D eigenvalue weighted by atomic mass is 19.1. The third-order valence-electron chi connectivity index (χ3n) is 2.50. The molecule has 4 N–H and O–H groups in total. The van der Waals surface area contributed by atoms with Crippen LogP contribution in [-0.2, 0) is 0 Å². The van der Waals surface area contributed by atoms with Gasteiger partial charge in [0.15, 0.2) is 0 Å². The van der Waals surface area contributed by atoms with Gasteiger partial charge in [0.25, 0.3) is 5.91 Å². The van der Waals surface area contributed by atoms with Crippen molar-refractivity contribution in [1.82, 2.24) is 5.32 Å². The van der Waals surface area contributed by atoms with Crippen LogP contribution in [-0.4, -0.2) is 23.6 Å². The molecule has 0 aliphatic rings. The Bertz CT molecular complexity index is 421. The molecule has 0 aliphatic carbocycles. The molecule has 1 aromatic rings. The van der Waals surface area contributed by atoms with Crippen molar-refractivity contribution in [3.05, 3.63) is 29.6 Å². The molecule has 1 amide bonds. The Balaban J connectivity index is 2.55. The zero-order valence-corrected chi connectivity index (χ0v) is 10.6. The largest absolute Gasteiger partial charge is 0.508 e. The van der Waals surface area contributed by atoms with Gasteiger partial charge in [-0.15, -0.1) is 0 Å². The Kier molecular flexibility index (Phi) is 5.09. The van der Waals surface area contributed by atoms with Crippen LogP contribution in [0.4, 0.5) is 4.39 Å². The van der Waals surface area contributed by atoms with Crippen molar-refractivity contribution in [2.45, 2.75) is 26.3 Å². The minimum absolute atomic E-state index is 0.0930. The van der Waals surface area contributed by atoms with Gasteiger partial charge in [-0.3, -0.25) is 4.79 Å². The number of phenolic OH excluding ortho intramolecular Hbond substituents is 1. The zero-order chi connectivity index (χ0) is 13.7. The van der Waals surface area contributed by atoms with Crippen molar-refractivity contribution in [2.24, 2.45) is 11.7 Å². The lowest BCUT2D eigenvalue weighted by Crippen LogP contribution is -2.38. The lowest BCUT2D eigenvalue weighted by atomic mass is 10.0. The quantitative estimate of drug-likeness (QED) is 0.747. The van der Waals surface area contributed by atoms with Gasteiger partial charge < -0.3 is 16.2 Å². The number of halogens is 1. The first-order chi connectivity index (χ1) is 8.40. The van der Waals surface area contributed by atoms with E-state index in [0.717, 1.165) is 12.5 Å². The number of nitrogens with two attached hydrogens (primary N) is 1. The maximum Gasteiger partial charge on any atom is 0.254 e. The van der Waals surface area contributed by atoms with Crippen molar-refractivity contribution in [3.63, 3.8) is 0 Å². The molecule has 5 heteroatoms. The minimum Gasteiger partial charge on any atom is -0.508 e. The number of amides is 1. The van der Waals surface area contributed by atoms with Crippen LogP contribution in [0, 0.1) is 11.7 Å². The van der Waals surface area contributed by atoms with Gasteiger partial charge in [0.2, 0.25) is 0 Å². The number of nitrogens with one attached hydrogen (secondary N) is 1. The molecule has 4 nitrogen and oxygen atoms in total. The average Bonchev–Trinajstić information content (AvgIpc) is 2.25. The van der Waals surface area contributed by atoms with Gasteiger partial charge in [-0.05, 0) is 24.5 Å². The van der Waals surface area contributed by atoms with Crippen LogP contribution >= 0.6 is 0 Å². The van der Waals surface area contributed by atoms with Gasteiger partial charge in [0.05, 0.1) is 5.56 Å². The van der Waals surface area contributed by atoms with E-state index in [0.29, 0.717) is 12.5 Å². The normalized spacial score (nSPS) is 12.5. The number of carbonyl (C=O) groups excluding carboxylic acids is 1. The first-order valence-electron chi connectivity index (χ1n) is 5.92. The predicted molar refractivity (Wildman–Crippen MR) is 67.8 cm³/mol. The molecular formula is C13H19FN2O2. The summed E-state index contributed by atoms with van der Waals surface area (Å²) < 4.78 is 13.4. The van der Waals surface area contributed by atoms with Crippen molar-refractivity contribution >= 4 is 5.91 Å². The Labute approximate surface area is 106 Å². The van der Waals surface area contributed by atoms with Crippen LogP contribution in [0.1, 0.15) is 30.6 Å². The molecular weight excluding hydrogens is 235 g/mol. The van der Waals surface area contributed by atoms with Crippen LogP contribution < -0.4 is 11.1 Å². The summed E-state index contributed by atoms with van der Waals surface area (Å²) in [6, 6.07) is 3.28. The molecule has 0 aliphatic heterocycles. The number of rotatable bonds is 5. The van der Waals surface area contributed by atoms with Crippen LogP contribution in [0.15, 0.2) is 18.2 Å². The molecule has 0 aromatic heterocycles. The smallest absolute Gasteiger partial charge is 0.254 e. The van der Waals surface area contributed by atoms with Gasteiger partial charge in [0.1, 0.15) is 11.6 Å². The zero-order valence-electron chi connectivity index (χ0n) is 10.6. The summed E-state index contributed by atoms with van der Waals surface area (Å²) in [6.45, 7) is 4.39. The third-order valence-corrected chi connectivity index (χ3v) is 2.50. The second kappa shape index (κ2) is 6.35. The van der Waals surface area contributed by atoms with Crippen LogP contribution in [0.5, 0.6) is 5.75 Å². The van der Waals surface area contributed by atoms with Crippen molar-refractivity contribution in [3.8, 4) is 5.75 Å². The summed E-state index contributed by atoms with van der Waals surface area (Å²) in [6.07, 6.45) is 0.790. The van der Waals surface area contributed by atoms with Crippen LogP contribution in [0.25, 0.3) is 0 Å². The molecule has 1 rings (SSSR count). The molecule has 0 spiro atoms. The predicted octanol–water partition coefficient (Wildman–Crippen LogP) is 1.63.